The zero-order chi connectivity index (χ0) is 10.7. The van der Waals surface area contributed by atoms with Crippen molar-refractivity contribution in [1.29, 1.82) is 0 Å². The van der Waals surface area contributed by atoms with E-state index in [4.69, 9.17) is 0 Å². The van der Waals surface area contributed by atoms with Crippen molar-refractivity contribution in [3.05, 3.63) is 0 Å². The van der Waals surface area contributed by atoms with Crippen molar-refractivity contribution < 1.29 is 8.42 Å². The highest BCUT2D eigenvalue weighted by Gasteiger charge is 2.25. The summed E-state index contributed by atoms with van der Waals surface area (Å²) in [5.41, 5.74) is -0.322. The topological polar surface area (TPSA) is 46.2 Å². The molecule has 80 valence electrons. The second-order valence-corrected chi connectivity index (χ2v) is 6.57. The average Bonchev–Trinajstić information content (AvgIpc) is 1.83. The van der Waals surface area contributed by atoms with Crippen LogP contribution in [-0.2, 0) is 10.0 Å². The maximum Gasteiger partial charge on any atom is 0.214 e. The van der Waals surface area contributed by atoms with Crippen molar-refractivity contribution in [3.63, 3.8) is 0 Å². The first-order valence-electron chi connectivity index (χ1n) is 4.74. The monoisotopic (exact) mass is 207 g/mol. The molecule has 0 rings (SSSR count). The van der Waals surface area contributed by atoms with E-state index in [-0.39, 0.29) is 10.8 Å². The van der Waals surface area contributed by atoms with Crippen LogP contribution in [0, 0.1) is 0 Å². The van der Waals surface area contributed by atoms with Crippen molar-refractivity contribution >= 4 is 10.0 Å². The minimum Gasteiger partial charge on any atom is -0.212 e. The molecular formula is C9H21NO2S. The van der Waals surface area contributed by atoms with Crippen molar-refractivity contribution in [2.45, 2.75) is 58.2 Å². The molecule has 0 spiro atoms. The number of sulfonamides is 1. The molecule has 0 aliphatic rings. The molecule has 0 aromatic heterocycles. The quantitative estimate of drug-likeness (QED) is 0.748. The van der Waals surface area contributed by atoms with Crippen LogP contribution in [0.1, 0.15) is 47.5 Å². The predicted molar refractivity (Wildman–Crippen MR) is 56.2 cm³/mol. The van der Waals surface area contributed by atoms with Gasteiger partial charge in [-0.15, -0.1) is 0 Å². The maximum atomic E-state index is 11.5. The van der Waals surface area contributed by atoms with E-state index in [0.717, 1.165) is 12.8 Å². The summed E-state index contributed by atoms with van der Waals surface area (Å²) in [6, 6.07) is 0. The fraction of sp³-hybridized carbons (Fsp3) is 1.00. The molecule has 0 aliphatic carbocycles. The first-order valence-corrected chi connectivity index (χ1v) is 6.28. The van der Waals surface area contributed by atoms with E-state index in [2.05, 4.69) is 4.72 Å². The molecule has 13 heavy (non-hydrogen) atoms. The first kappa shape index (κ1) is 12.9. The van der Waals surface area contributed by atoms with Gasteiger partial charge in [0.05, 0.1) is 5.25 Å². The highest BCUT2D eigenvalue weighted by atomic mass is 32.2. The van der Waals surface area contributed by atoms with E-state index in [1.165, 1.54) is 0 Å². The average molecular weight is 207 g/mol. The minimum absolute atomic E-state index is 0.322. The molecule has 0 radical (unpaired) electrons. The van der Waals surface area contributed by atoms with Crippen LogP contribution in [0.3, 0.4) is 0 Å². The van der Waals surface area contributed by atoms with Crippen LogP contribution in [0.2, 0.25) is 0 Å². The van der Waals surface area contributed by atoms with Crippen molar-refractivity contribution in [1.82, 2.24) is 4.72 Å². The highest BCUT2D eigenvalue weighted by Crippen LogP contribution is 2.13. The van der Waals surface area contributed by atoms with E-state index < -0.39 is 10.0 Å². The van der Waals surface area contributed by atoms with Crippen LogP contribution < -0.4 is 4.72 Å². The van der Waals surface area contributed by atoms with Gasteiger partial charge < -0.3 is 0 Å². The fourth-order valence-electron chi connectivity index (χ4n) is 1.18. The van der Waals surface area contributed by atoms with E-state index in [0.29, 0.717) is 0 Å². The van der Waals surface area contributed by atoms with Crippen LogP contribution in [0.5, 0.6) is 0 Å². The predicted octanol–water partition coefficient (Wildman–Crippen LogP) is 1.89. The molecule has 0 unspecified atom stereocenters. The molecule has 3 nitrogen and oxygen atoms in total. The third kappa shape index (κ3) is 4.62. The van der Waals surface area contributed by atoms with Gasteiger partial charge in [-0.05, 0) is 34.1 Å². The molecule has 0 heterocycles. The first-order chi connectivity index (χ1) is 5.71. The summed E-state index contributed by atoms with van der Waals surface area (Å²) < 4.78 is 25.7. The Morgan fingerprint density at radius 3 is 2.08 bits per heavy atom. The summed E-state index contributed by atoms with van der Waals surface area (Å²) >= 11 is 0. The van der Waals surface area contributed by atoms with Crippen LogP contribution >= 0.6 is 0 Å². The molecule has 0 aromatic carbocycles. The van der Waals surface area contributed by atoms with Gasteiger partial charge in [-0.1, -0.05) is 13.3 Å². The highest BCUT2D eigenvalue weighted by molar-refractivity contribution is 7.90. The Labute approximate surface area is 82.0 Å². The smallest absolute Gasteiger partial charge is 0.212 e. The standard InChI is InChI=1S/C9H21NO2S/c1-6-7-9(4,5)10-13(11,12)8(2)3/h8,10H,6-7H2,1-5H3. The van der Waals surface area contributed by atoms with Crippen LogP contribution in [0.15, 0.2) is 0 Å². The third-order valence-corrected chi connectivity index (χ3v) is 3.99. The normalized spacial score (nSPS) is 13.7. The molecular weight excluding hydrogens is 186 g/mol. The lowest BCUT2D eigenvalue weighted by Gasteiger charge is -2.26. The van der Waals surface area contributed by atoms with Crippen LogP contribution in [0.4, 0.5) is 0 Å². The lowest BCUT2D eigenvalue weighted by Crippen LogP contribution is -2.46. The summed E-state index contributed by atoms with van der Waals surface area (Å²) in [7, 11) is -3.13. The Kier molecular flexibility index (Phi) is 4.39. The van der Waals surface area contributed by atoms with E-state index in [1.807, 2.05) is 20.8 Å². The van der Waals surface area contributed by atoms with Crippen LogP contribution in [0.25, 0.3) is 0 Å². The Balaban J connectivity index is 4.43. The van der Waals surface area contributed by atoms with Gasteiger partial charge in [0.15, 0.2) is 0 Å². The van der Waals surface area contributed by atoms with Crippen molar-refractivity contribution in [2.75, 3.05) is 0 Å². The Morgan fingerprint density at radius 2 is 1.77 bits per heavy atom. The number of rotatable bonds is 5. The summed E-state index contributed by atoms with van der Waals surface area (Å²) in [5.74, 6) is 0. The van der Waals surface area contributed by atoms with Crippen molar-refractivity contribution in [2.24, 2.45) is 0 Å². The molecule has 0 aliphatic heterocycles. The molecule has 0 fully saturated rings. The lowest BCUT2D eigenvalue weighted by atomic mass is 10.0. The van der Waals surface area contributed by atoms with Crippen molar-refractivity contribution in [3.8, 4) is 0 Å². The van der Waals surface area contributed by atoms with E-state index in [1.54, 1.807) is 13.8 Å². The van der Waals surface area contributed by atoms with Gasteiger partial charge in [-0.3, -0.25) is 0 Å². The van der Waals surface area contributed by atoms with E-state index in [9.17, 15) is 8.42 Å². The van der Waals surface area contributed by atoms with Gasteiger partial charge in [0.1, 0.15) is 0 Å². The zero-order valence-corrected chi connectivity index (χ0v) is 10.0. The second-order valence-electron chi connectivity index (χ2n) is 4.33. The maximum absolute atomic E-state index is 11.5. The van der Waals surface area contributed by atoms with Gasteiger partial charge >= 0.3 is 0 Å². The Bertz CT molecular complexity index is 242. The SMILES string of the molecule is CCCC(C)(C)NS(=O)(=O)C(C)C. The molecule has 0 saturated carbocycles. The Morgan fingerprint density at radius 1 is 1.31 bits per heavy atom. The minimum atomic E-state index is -3.13. The molecule has 0 aromatic rings. The molecule has 0 bridgehead atoms. The second kappa shape index (κ2) is 4.42. The number of hydrogen-bond donors (Lipinski definition) is 1. The van der Waals surface area contributed by atoms with Crippen LogP contribution in [-0.4, -0.2) is 19.2 Å². The lowest BCUT2D eigenvalue weighted by molar-refractivity contribution is 0.415. The summed E-state index contributed by atoms with van der Waals surface area (Å²) in [6.45, 7) is 9.24. The molecule has 0 atom stereocenters. The zero-order valence-electron chi connectivity index (χ0n) is 9.22. The van der Waals surface area contributed by atoms with E-state index >= 15 is 0 Å². The molecule has 4 heteroatoms. The Hall–Kier alpha value is -0.0900. The summed E-state index contributed by atoms with van der Waals surface area (Å²) in [6.07, 6.45) is 1.84. The molecule has 0 saturated heterocycles. The largest absolute Gasteiger partial charge is 0.214 e. The van der Waals surface area contributed by atoms with Gasteiger partial charge in [0, 0.05) is 5.54 Å². The van der Waals surface area contributed by atoms with Gasteiger partial charge in [-0.25, -0.2) is 13.1 Å². The third-order valence-electron chi connectivity index (χ3n) is 1.91. The molecule has 0 amide bonds. The number of hydrogen-bond acceptors (Lipinski definition) is 2. The summed E-state index contributed by atoms with van der Waals surface area (Å²) in [4.78, 5) is 0. The molecule has 1 N–H and O–H groups in total. The van der Waals surface area contributed by atoms with Gasteiger partial charge in [0.2, 0.25) is 10.0 Å². The van der Waals surface area contributed by atoms with Gasteiger partial charge in [0.25, 0.3) is 0 Å². The fourth-order valence-corrected chi connectivity index (χ4v) is 2.29. The summed E-state index contributed by atoms with van der Waals surface area (Å²) in [5, 5.41) is -0.358. The van der Waals surface area contributed by atoms with Gasteiger partial charge in [-0.2, -0.15) is 0 Å². The number of nitrogens with one attached hydrogen (secondary N) is 1.